The van der Waals surface area contributed by atoms with Gasteiger partial charge in [0.25, 0.3) is 5.91 Å². The van der Waals surface area contributed by atoms with Crippen LogP contribution in [-0.4, -0.2) is 81.0 Å². The Kier molecular flexibility index (Phi) is 5.00. The van der Waals surface area contributed by atoms with Gasteiger partial charge in [-0.2, -0.15) is 0 Å². The minimum absolute atomic E-state index is 0.173. The molecule has 2 atom stereocenters. The Hall–Kier alpha value is -2.81. The highest BCUT2D eigenvalue weighted by atomic mass is 16.5. The van der Waals surface area contributed by atoms with Crippen LogP contribution in [0.15, 0.2) is 48.8 Å². The molecule has 5 rings (SSSR count). The lowest BCUT2D eigenvalue weighted by molar-refractivity contribution is -0.181. The van der Waals surface area contributed by atoms with Crippen molar-refractivity contribution in [3.05, 3.63) is 59.9 Å². The van der Waals surface area contributed by atoms with Gasteiger partial charge in [0, 0.05) is 38.6 Å². The van der Waals surface area contributed by atoms with Gasteiger partial charge < -0.3 is 9.84 Å². The van der Waals surface area contributed by atoms with Crippen molar-refractivity contribution in [2.45, 2.75) is 37.2 Å². The lowest BCUT2D eigenvalue weighted by atomic mass is 9.82. The molecule has 0 aliphatic carbocycles. The van der Waals surface area contributed by atoms with Crippen LogP contribution in [-0.2, 0) is 22.7 Å². The SMILES string of the molecule is COc1cccc(CN2CC3(C2)C(=O)N(Cc2cccnc2)C(=O)C2CC(O)CN23)c1. The predicted octanol–water partition coefficient (Wildman–Crippen LogP) is 0.649. The van der Waals surface area contributed by atoms with Gasteiger partial charge in [-0.3, -0.25) is 29.3 Å². The molecule has 8 nitrogen and oxygen atoms in total. The molecule has 162 valence electrons. The van der Waals surface area contributed by atoms with Crippen molar-refractivity contribution < 1.29 is 19.4 Å². The molecule has 1 aromatic carbocycles. The van der Waals surface area contributed by atoms with E-state index in [0.29, 0.717) is 32.6 Å². The molecule has 2 unspecified atom stereocenters. The normalized spacial score (nSPS) is 25.5. The average Bonchev–Trinajstić information content (AvgIpc) is 3.15. The number of piperazine rings is 1. The van der Waals surface area contributed by atoms with Crippen molar-refractivity contribution in [3.8, 4) is 5.75 Å². The van der Waals surface area contributed by atoms with E-state index < -0.39 is 17.7 Å². The maximum Gasteiger partial charge on any atom is 0.252 e. The first-order valence-corrected chi connectivity index (χ1v) is 10.5. The van der Waals surface area contributed by atoms with Gasteiger partial charge in [-0.25, -0.2) is 0 Å². The van der Waals surface area contributed by atoms with Crippen LogP contribution < -0.4 is 4.74 Å². The zero-order chi connectivity index (χ0) is 21.6. The fourth-order valence-corrected chi connectivity index (χ4v) is 5.15. The third-order valence-corrected chi connectivity index (χ3v) is 6.60. The van der Waals surface area contributed by atoms with Gasteiger partial charge in [-0.05, 0) is 35.7 Å². The summed E-state index contributed by atoms with van der Waals surface area (Å²) in [5.74, 6) is 0.410. The van der Waals surface area contributed by atoms with Crippen LogP contribution in [0.25, 0.3) is 0 Å². The fourth-order valence-electron chi connectivity index (χ4n) is 5.15. The van der Waals surface area contributed by atoms with Crippen LogP contribution in [0.5, 0.6) is 5.75 Å². The minimum atomic E-state index is -0.767. The number of carbonyl (C=O) groups is 2. The van der Waals surface area contributed by atoms with Gasteiger partial charge in [0.15, 0.2) is 0 Å². The summed E-state index contributed by atoms with van der Waals surface area (Å²) in [5.41, 5.74) is 1.16. The average molecular weight is 422 g/mol. The Bertz CT molecular complexity index is 992. The molecule has 3 aliphatic heterocycles. The molecule has 0 saturated carbocycles. The first-order valence-electron chi connectivity index (χ1n) is 10.5. The van der Waals surface area contributed by atoms with E-state index in [-0.39, 0.29) is 18.4 Å². The maximum atomic E-state index is 13.6. The molecule has 0 bridgehead atoms. The standard InChI is InChI=1S/C23H26N4O4/c1-31-19-6-2-4-16(8-19)11-25-14-23(15-25)22(30)26(12-17-5-3-7-24-10-17)21(29)20-9-18(28)13-27(20)23/h2-8,10,18,20,28H,9,11-15H2,1H3. The third kappa shape index (κ3) is 3.40. The minimum Gasteiger partial charge on any atom is -0.497 e. The number of aliphatic hydroxyl groups is 1. The molecule has 1 spiro atoms. The van der Waals surface area contributed by atoms with Gasteiger partial charge in [0.05, 0.1) is 25.8 Å². The van der Waals surface area contributed by atoms with E-state index in [1.165, 1.54) is 4.90 Å². The fraction of sp³-hybridized carbons (Fsp3) is 0.435. The quantitative estimate of drug-likeness (QED) is 0.708. The zero-order valence-electron chi connectivity index (χ0n) is 17.5. The molecule has 2 amide bonds. The number of carbonyl (C=O) groups excluding carboxylic acids is 2. The number of aliphatic hydroxyl groups excluding tert-OH is 1. The van der Waals surface area contributed by atoms with E-state index in [2.05, 4.69) is 9.88 Å². The summed E-state index contributed by atoms with van der Waals surface area (Å²) in [6.07, 6.45) is 3.12. The topological polar surface area (TPSA) is 86.2 Å². The van der Waals surface area contributed by atoms with Crippen molar-refractivity contribution in [3.63, 3.8) is 0 Å². The van der Waals surface area contributed by atoms with Crippen LogP contribution in [0.2, 0.25) is 0 Å². The Morgan fingerprint density at radius 3 is 2.71 bits per heavy atom. The largest absolute Gasteiger partial charge is 0.497 e. The Labute approximate surface area is 181 Å². The van der Waals surface area contributed by atoms with Crippen LogP contribution >= 0.6 is 0 Å². The molecule has 3 fully saturated rings. The van der Waals surface area contributed by atoms with Crippen molar-refractivity contribution in [1.29, 1.82) is 0 Å². The van der Waals surface area contributed by atoms with Gasteiger partial charge in [-0.1, -0.05) is 18.2 Å². The molecule has 4 heterocycles. The number of hydrogen-bond acceptors (Lipinski definition) is 7. The Morgan fingerprint density at radius 2 is 1.97 bits per heavy atom. The number of fused-ring (bicyclic) bond motifs is 2. The number of methoxy groups -OCH3 is 1. The van der Waals surface area contributed by atoms with Crippen LogP contribution in [0.3, 0.4) is 0 Å². The number of benzene rings is 1. The second-order valence-electron chi connectivity index (χ2n) is 8.68. The number of pyridine rings is 1. The summed E-state index contributed by atoms with van der Waals surface area (Å²) in [7, 11) is 1.64. The van der Waals surface area contributed by atoms with E-state index in [1.807, 2.05) is 35.2 Å². The van der Waals surface area contributed by atoms with E-state index >= 15 is 0 Å². The zero-order valence-corrected chi connectivity index (χ0v) is 17.5. The number of hydrogen-bond donors (Lipinski definition) is 1. The van der Waals surface area contributed by atoms with E-state index in [9.17, 15) is 14.7 Å². The molecule has 1 N–H and O–H groups in total. The van der Waals surface area contributed by atoms with Crippen molar-refractivity contribution in [1.82, 2.24) is 19.7 Å². The lowest BCUT2D eigenvalue weighted by Gasteiger charge is -2.58. The Morgan fingerprint density at radius 1 is 1.16 bits per heavy atom. The number of aromatic nitrogens is 1. The molecule has 3 saturated heterocycles. The Balaban J connectivity index is 1.38. The predicted molar refractivity (Wildman–Crippen MR) is 112 cm³/mol. The molecule has 31 heavy (non-hydrogen) atoms. The second kappa shape index (κ2) is 7.71. The van der Waals surface area contributed by atoms with Crippen molar-refractivity contribution in [2.24, 2.45) is 0 Å². The highest BCUT2D eigenvalue weighted by Gasteiger charge is 2.64. The molecule has 3 aliphatic rings. The van der Waals surface area contributed by atoms with E-state index in [4.69, 9.17) is 4.74 Å². The molecule has 0 radical (unpaired) electrons. The lowest BCUT2D eigenvalue weighted by Crippen LogP contribution is -2.81. The first-order chi connectivity index (χ1) is 15.0. The van der Waals surface area contributed by atoms with Crippen molar-refractivity contribution in [2.75, 3.05) is 26.7 Å². The molecular formula is C23H26N4O4. The summed E-state index contributed by atoms with van der Waals surface area (Å²) in [5, 5.41) is 10.3. The monoisotopic (exact) mass is 422 g/mol. The molecular weight excluding hydrogens is 396 g/mol. The van der Waals surface area contributed by atoms with Gasteiger partial charge in [0.1, 0.15) is 11.3 Å². The molecule has 8 heteroatoms. The summed E-state index contributed by atoms with van der Waals surface area (Å²) < 4.78 is 5.31. The van der Waals surface area contributed by atoms with E-state index in [0.717, 1.165) is 16.9 Å². The highest BCUT2D eigenvalue weighted by molar-refractivity contribution is 6.06. The number of β-amino-alcohol motifs (C(OH)–C–C–N with tert-alkyl or cyclic N) is 1. The van der Waals surface area contributed by atoms with Gasteiger partial charge >= 0.3 is 0 Å². The first kappa shape index (κ1) is 20.1. The number of rotatable bonds is 5. The van der Waals surface area contributed by atoms with Crippen molar-refractivity contribution >= 4 is 11.8 Å². The summed E-state index contributed by atoms with van der Waals surface area (Å²) in [6, 6.07) is 11.1. The molecule has 2 aromatic rings. The number of likely N-dealkylation sites (tertiary alicyclic amines) is 1. The van der Waals surface area contributed by atoms with Gasteiger partial charge in [-0.15, -0.1) is 0 Å². The second-order valence-corrected chi connectivity index (χ2v) is 8.68. The summed E-state index contributed by atoms with van der Waals surface area (Å²) in [6.45, 7) is 2.33. The molecule has 1 aromatic heterocycles. The van der Waals surface area contributed by atoms with Crippen LogP contribution in [0.1, 0.15) is 17.5 Å². The number of nitrogens with zero attached hydrogens (tertiary/aromatic N) is 4. The van der Waals surface area contributed by atoms with Gasteiger partial charge in [0.2, 0.25) is 5.91 Å². The summed E-state index contributed by atoms with van der Waals surface area (Å²) in [4.78, 5) is 36.4. The third-order valence-electron chi connectivity index (χ3n) is 6.60. The smallest absolute Gasteiger partial charge is 0.252 e. The highest BCUT2D eigenvalue weighted by Crippen LogP contribution is 2.41. The van der Waals surface area contributed by atoms with Crippen LogP contribution in [0, 0.1) is 0 Å². The number of ether oxygens (including phenoxy) is 1. The number of amides is 2. The number of imide groups is 1. The van der Waals surface area contributed by atoms with E-state index in [1.54, 1.807) is 25.6 Å². The maximum absolute atomic E-state index is 13.6. The summed E-state index contributed by atoms with van der Waals surface area (Å²) >= 11 is 0. The van der Waals surface area contributed by atoms with Crippen LogP contribution in [0.4, 0.5) is 0 Å².